The van der Waals surface area contributed by atoms with Crippen LogP contribution in [0.25, 0.3) is 5.57 Å². The monoisotopic (exact) mass is 521 g/mol. The van der Waals surface area contributed by atoms with E-state index >= 15 is 0 Å². The number of methoxy groups -OCH3 is 2. The number of nitrogens with zero attached hydrogens (tertiary/aromatic N) is 1. The molecule has 4 rings (SSSR count). The molecule has 190 valence electrons. The number of carbonyl (C=O) groups is 2. The highest BCUT2D eigenvalue weighted by Gasteiger charge is 2.44. The molecule has 0 spiro atoms. The van der Waals surface area contributed by atoms with E-state index in [1.54, 1.807) is 48.5 Å². The van der Waals surface area contributed by atoms with Crippen molar-refractivity contribution < 1.29 is 31.9 Å². The van der Waals surface area contributed by atoms with Crippen LogP contribution in [0.15, 0.2) is 101 Å². The van der Waals surface area contributed by atoms with Crippen molar-refractivity contribution in [2.24, 2.45) is 0 Å². The summed E-state index contributed by atoms with van der Waals surface area (Å²) >= 11 is 0. The lowest BCUT2D eigenvalue weighted by Gasteiger charge is -2.37. The van der Waals surface area contributed by atoms with Crippen LogP contribution in [0.5, 0.6) is 0 Å². The molecular weight excluding hydrogens is 497 g/mol. The van der Waals surface area contributed by atoms with Gasteiger partial charge in [0.1, 0.15) is 5.82 Å². The van der Waals surface area contributed by atoms with Crippen LogP contribution in [-0.4, -0.2) is 38.9 Å². The Hall–Kier alpha value is -4.24. The first-order chi connectivity index (χ1) is 17.7. The van der Waals surface area contributed by atoms with Gasteiger partial charge in [-0.1, -0.05) is 60.2 Å². The van der Waals surface area contributed by atoms with Gasteiger partial charge < -0.3 is 9.47 Å². The topological polar surface area (TPSA) is 90.0 Å². The Bertz CT molecular complexity index is 1490. The average Bonchev–Trinajstić information content (AvgIpc) is 2.92. The van der Waals surface area contributed by atoms with Crippen LogP contribution in [0.4, 0.5) is 4.39 Å². The zero-order valence-corrected chi connectivity index (χ0v) is 21.2. The van der Waals surface area contributed by atoms with E-state index in [1.807, 2.05) is 6.92 Å². The Morgan fingerprint density at radius 2 is 1.43 bits per heavy atom. The van der Waals surface area contributed by atoms with Gasteiger partial charge in [0.25, 0.3) is 10.0 Å². The first-order valence-electron chi connectivity index (χ1n) is 11.2. The molecule has 0 saturated carbocycles. The predicted octanol–water partition coefficient (Wildman–Crippen LogP) is 4.56. The van der Waals surface area contributed by atoms with Gasteiger partial charge in [-0.3, -0.25) is 0 Å². The fourth-order valence-electron chi connectivity index (χ4n) is 4.13. The van der Waals surface area contributed by atoms with Crippen LogP contribution in [0.1, 0.15) is 22.7 Å². The third-order valence-corrected chi connectivity index (χ3v) is 7.74. The molecule has 3 aromatic rings. The molecule has 9 heteroatoms. The van der Waals surface area contributed by atoms with Gasteiger partial charge in [-0.2, -0.15) is 0 Å². The Balaban J connectivity index is 2.10. The summed E-state index contributed by atoms with van der Waals surface area (Å²) in [5.41, 5.74) is 1.14. The molecule has 0 aliphatic carbocycles. The van der Waals surface area contributed by atoms with Gasteiger partial charge in [0.2, 0.25) is 0 Å². The third kappa shape index (κ3) is 4.90. The Labute approximate surface area is 214 Å². The maximum absolute atomic E-state index is 14.1. The number of ether oxygens (including phenoxy) is 2. The van der Waals surface area contributed by atoms with E-state index < -0.39 is 39.5 Å². The van der Waals surface area contributed by atoms with Crippen LogP contribution in [0.2, 0.25) is 0 Å². The normalized spacial score (nSPS) is 15.7. The SMILES string of the molecule is COC(=O)C1=C(C(=O)OC)N(S(=O)(=O)c2ccc(C)cc2)C(c2ccccc2)C=C1c1ccc(F)cc1. The third-order valence-electron chi connectivity index (χ3n) is 5.95. The standard InChI is InChI=1S/C28H24FNO6S/c1-18-9-15-22(16-10-18)37(33,34)30-24(20-7-5-4-6-8-20)17-23(19-11-13-21(29)14-12-19)25(27(31)35-2)26(30)28(32)36-3/h4-17,24H,1-3H3. The Kier molecular flexibility index (Phi) is 7.26. The van der Waals surface area contributed by atoms with Crippen LogP contribution < -0.4 is 0 Å². The van der Waals surface area contributed by atoms with Crippen molar-refractivity contribution in [1.29, 1.82) is 0 Å². The highest BCUT2D eigenvalue weighted by atomic mass is 32.2. The lowest BCUT2D eigenvalue weighted by molar-refractivity contribution is -0.140. The summed E-state index contributed by atoms with van der Waals surface area (Å²) in [6, 6.07) is 19.0. The van der Waals surface area contributed by atoms with Crippen molar-refractivity contribution in [2.45, 2.75) is 17.9 Å². The lowest BCUT2D eigenvalue weighted by atomic mass is 9.89. The molecule has 3 aromatic carbocycles. The largest absolute Gasteiger partial charge is 0.465 e. The van der Waals surface area contributed by atoms with Gasteiger partial charge in [0, 0.05) is 0 Å². The second-order valence-corrected chi connectivity index (χ2v) is 10.1. The van der Waals surface area contributed by atoms with Gasteiger partial charge >= 0.3 is 11.9 Å². The fourth-order valence-corrected chi connectivity index (χ4v) is 5.72. The molecule has 37 heavy (non-hydrogen) atoms. The first kappa shape index (κ1) is 25.8. The Morgan fingerprint density at radius 3 is 2.00 bits per heavy atom. The summed E-state index contributed by atoms with van der Waals surface area (Å²) in [6.07, 6.45) is 1.55. The maximum atomic E-state index is 14.1. The maximum Gasteiger partial charge on any atom is 0.356 e. The van der Waals surface area contributed by atoms with E-state index in [4.69, 9.17) is 9.47 Å². The molecule has 0 aromatic heterocycles. The molecule has 0 saturated heterocycles. The molecular formula is C28H24FNO6S. The number of sulfonamides is 1. The minimum atomic E-state index is -4.41. The summed E-state index contributed by atoms with van der Waals surface area (Å²) in [5, 5.41) is 0. The Morgan fingerprint density at radius 1 is 0.838 bits per heavy atom. The molecule has 1 atom stereocenters. The van der Waals surface area contributed by atoms with Crippen molar-refractivity contribution in [1.82, 2.24) is 4.31 Å². The van der Waals surface area contributed by atoms with E-state index in [2.05, 4.69) is 0 Å². The second kappa shape index (κ2) is 10.4. The van der Waals surface area contributed by atoms with Crippen molar-refractivity contribution in [3.05, 3.63) is 119 Å². The minimum absolute atomic E-state index is 0.0803. The minimum Gasteiger partial charge on any atom is -0.465 e. The number of carbonyl (C=O) groups excluding carboxylic acids is 2. The summed E-state index contributed by atoms with van der Waals surface area (Å²) < 4.78 is 52.8. The molecule has 1 aliphatic heterocycles. The van der Waals surface area contributed by atoms with Gasteiger partial charge in [0.15, 0.2) is 5.70 Å². The molecule has 1 unspecified atom stereocenters. The number of esters is 2. The summed E-state index contributed by atoms with van der Waals surface area (Å²) in [5.74, 6) is -2.50. The lowest BCUT2D eigenvalue weighted by Crippen LogP contribution is -2.41. The van der Waals surface area contributed by atoms with E-state index in [1.165, 1.54) is 36.4 Å². The number of halogens is 1. The molecule has 0 N–H and O–H groups in total. The molecule has 0 fully saturated rings. The van der Waals surface area contributed by atoms with Crippen molar-refractivity contribution in [3.8, 4) is 0 Å². The predicted molar refractivity (Wildman–Crippen MR) is 135 cm³/mol. The molecule has 1 aliphatic rings. The first-order valence-corrected chi connectivity index (χ1v) is 12.7. The van der Waals surface area contributed by atoms with E-state index in [-0.39, 0.29) is 16.0 Å². The summed E-state index contributed by atoms with van der Waals surface area (Å²) in [7, 11) is -2.19. The molecule has 0 radical (unpaired) electrons. The fraction of sp³-hybridized carbons (Fsp3) is 0.143. The second-order valence-electron chi connectivity index (χ2n) is 8.26. The van der Waals surface area contributed by atoms with Crippen LogP contribution in [-0.2, 0) is 29.1 Å². The number of benzene rings is 3. The van der Waals surface area contributed by atoms with Gasteiger partial charge in [-0.15, -0.1) is 0 Å². The smallest absolute Gasteiger partial charge is 0.356 e. The van der Waals surface area contributed by atoms with Crippen LogP contribution in [0.3, 0.4) is 0 Å². The average molecular weight is 522 g/mol. The zero-order chi connectivity index (χ0) is 26.7. The van der Waals surface area contributed by atoms with Gasteiger partial charge in [-0.05, 0) is 54.0 Å². The molecule has 7 nitrogen and oxygen atoms in total. The number of hydrogen-bond acceptors (Lipinski definition) is 6. The highest BCUT2D eigenvalue weighted by molar-refractivity contribution is 7.89. The van der Waals surface area contributed by atoms with E-state index in [9.17, 15) is 22.4 Å². The van der Waals surface area contributed by atoms with Gasteiger partial charge in [0.05, 0.1) is 30.7 Å². The number of hydrogen-bond donors (Lipinski definition) is 0. The number of rotatable bonds is 6. The highest BCUT2D eigenvalue weighted by Crippen LogP contribution is 2.43. The molecule has 0 bridgehead atoms. The summed E-state index contributed by atoms with van der Waals surface area (Å²) in [6.45, 7) is 1.82. The van der Waals surface area contributed by atoms with E-state index in [0.29, 0.717) is 11.1 Å². The summed E-state index contributed by atoms with van der Waals surface area (Å²) in [4.78, 5) is 26.3. The van der Waals surface area contributed by atoms with Crippen molar-refractivity contribution >= 4 is 27.5 Å². The van der Waals surface area contributed by atoms with Crippen LogP contribution >= 0.6 is 0 Å². The quantitative estimate of drug-likeness (QED) is 0.442. The molecule has 0 amide bonds. The molecule has 1 heterocycles. The van der Waals surface area contributed by atoms with E-state index in [0.717, 1.165) is 24.1 Å². The van der Waals surface area contributed by atoms with Gasteiger partial charge in [-0.25, -0.2) is 26.7 Å². The van der Waals surface area contributed by atoms with Crippen LogP contribution in [0, 0.1) is 12.7 Å². The number of aryl methyl sites for hydroxylation is 1. The van der Waals surface area contributed by atoms with Crippen molar-refractivity contribution in [3.63, 3.8) is 0 Å². The van der Waals surface area contributed by atoms with Crippen molar-refractivity contribution in [2.75, 3.05) is 14.2 Å². The zero-order valence-electron chi connectivity index (χ0n) is 20.3.